The van der Waals surface area contributed by atoms with Crippen molar-refractivity contribution in [3.63, 3.8) is 0 Å². The largest absolute Gasteiger partial charge is 0.360 e. The van der Waals surface area contributed by atoms with E-state index in [9.17, 15) is 10.1 Å². The number of nitrogens with two attached hydrogens (primary N) is 1. The van der Waals surface area contributed by atoms with Crippen LogP contribution in [0.25, 0.3) is 0 Å². The molecule has 1 unspecified atom stereocenters. The average Bonchev–Trinajstić information content (AvgIpc) is 3.19. The lowest BCUT2D eigenvalue weighted by Crippen LogP contribution is -2.28. The minimum absolute atomic E-state index is 0.0196. The third kappa shape index (κ3) is 2.66. The molecule has 0 radical (unpaired) electrons. The van der Waals surface area contributed by atoms with Gasteiger partial charge in [0.05, 0.1) is 4.92 Å². The van der Waals surface area contributed by atoms with Crippen LogP contribution < -0.4 is 16.6 Å². The molecule has 1 aromatic heterocycles. The van der Waals surface area contributed by atoms with Crippen molar-refractivity contribution in [3.8, 4) is 0 Å². The lowest BCUT2D eigenvalue weighted by Gasteiger charge is -2.16. The summed E-state index contributed by atoms with van der Waals surface area (Å²) in [4.78, 5) is 17.2. The molecule has 108 valence electrons. The van der Waals surface area contributed by atoms with E-state index in [1.807, 2.05) is 0 Å². The van der Waals surface area contributed by atoms with Crippen LogP contribution in [0.15, 0.2) is 12.1 Å². The number of nitrogens with zero attached hydrogens (tertiary/aromatic N) is 3. The van der Waals surface area contributed by atoms with E-state index >= 15 is 0 Å². The highest BCUT2D eigenvalue weighted by Gasteiger charge is 2.35. The lowest BCUT2D eigenvalue weighted by atomic mass is 10.2. The van der Waals surface area contributed by atoms with Crippen molar-refractivity contribution >= 4 is 17.3 Å². The quantitative estimate of drug-likeness (QED) is 0.417. The minimum atomic E-state index is -0.427. The first-order valence-corrected chi connectivity index (χ1v) is 6.80. The average molecular weight is 278 g/mol. The molecule has 1 saturated heterocycles. The van der Waals surface area contributed by atoms with Gasteiger partial charge in [0.2, 0.25) is 5.82 Å². The van der Waals surface area contributed by atoms with Crippen LogP contribution in [0.2, 0.25) is 0 Å². The topological polar surface area (TPSA) is 109 Å². The highest BCUT2D eigenvalue weighted by Crippen LogP contribution is 2.31. The SMILES string of the molecule is NNc1ccc([N+](=O)[O-])c(NC2CCN(C3CC3)C2)n1. The summed E-state index contributed by atoms with van der Waals surface area (Å²) in [6.07, 6.45) is 3.53. The standard InChI is InChI=1S/C12H18N6O2/c13-16-11-4-3-10(18(19)20)12(15-11)14-8-5-6-17(7-8)9-1-2-9/h3-4,8-9H,1-2,5-7,13H2,(H2,14,15,16). The maximum Gasteiger partial charge on any atom is 0.311 e. The van der Waals surface area contributed by atoms with Crippen LogP contribution in [0.4, 0.5) is 17.3 Å². The van der Waals surface area contributed by atoms with E-state index in [4.69, 9.17) is 5.84 Å². The summed E-state index contributed by atoms with van der Waals surface area (Å²) in [5.74, 6) is 6.00. The molecular formula is C12H18N6O2. The molecule has 2 aliphatic rings. The number of pyridine rings is 1. The highest BCUT2D eigenvalue weighted by atomic mass is 16.6. The normalized spacial score (nSPS) is 22.8. The number of nitro groups is 1. The molecule has 1 aliphatic heterocycles. The van der Waals surface area contributed by atoms with Crippen molar-refractivity contribution in [3.05, 3.63) is 22.2 Å². The van der Waals surface area contributed by atoms with Gasteiger partial charge in [-0.3, -0.25) is 15.0 Å². The number of likely N-dealkylation sites (tertiary alicyclic amines) is 1. The number of hydrogen-bond donors (Lipinski definition) is 3. The van der Waals surface area contributed by atoms with Crippen molar-refractivity contribution in [1.29, 1.82) is 0 Å². The van der Waals surface area contributed by atoms with Gasteiger partial charge < -0.3 is 10.7 Å². The van der Waals surface area contributed by atoms with Crippen LogP contribution in [-0.2, 0) is 0 Å². The Balaban J connectivity index is 1.73. The molecule has 1 aliphatic carbocycles. The zero-order valence-corrected chi connectivity index (χ0v) is 11.1. The smallest absolute Gasteiger partial charge is 0.311 e. The van der Waals surface area contributed by atoms with Crippen LogP contribution in [0, 0.1) is 10.1 Å². The van der Waals surface area contributed by atoms with Gasteiger partial charge in [0.15, 0.2) is 0 Å². The first kappa shape index (κ1) is 13.1. The Hall–Kier alpha value is -1.93. The van der Waals surface area contributed by atoms with Crippen LogP contribution in [0.3, 0.4) is 0 Å². The highest BCUT2D eigenvalue weighted by molar-refractivity contribution is 5.60. The monoisotopic (exact) mass is 278 g/mol. The van der Waals surface area contributed by atoms with Crippen molar-refractivity contribution in [1.82, 2.24) is 9.88 Å². The summed E-state index contributed by atoms with van der Waals surface area (Å²) in [5.41, 5.74) is 2.39. The van der Waals surface area contributed by atoms with Gasteiger partial charge >= 0.3 is 5.69 Å². The first-order chi connectivity index (χ1) is 9.67. The maximum atomic E-state index is 11.0. The third-order valence-corrected chi connectivity index (χ3v) is 3.84. The number of nitrogen functional groups attached to an aromatic ring is 1. The van der Waals surface area contributed by atoms with Crippen molar-refractivity contribution < 1.29 is 4.92 Å². The van der Waals surface area contributed by atoms with E-state index in [0.717, 1.165) is 25.6 Å². The van der Waals surface area contributed by atoms with Crippen LogP contribution >= 0.6 is 0 Å². The molecule has 0 bridgehead atoms. The molecule has 8 heteroatoms. The summed E-state index contributed by atoms with van der Waals surface area (Å²) in [7, 11) is 0. The Labute approximate surface area is 116 Å². The molecule has 1 atom stereocenters. The second-order valence-electron chi connectivity index (χ2n) is 5.32. The van der Waals surface area contributed by atoms with Gasteiger partial charge in [-0.15, -0.1) is 0 Å². The fourth-order valence-electron chi connectivity index (χ4n) is 2.66. The van der Waals surface area contributed by atoms with E-state index < -0.39 is 4.92 Å². The van der Waals surface area contributed by atoms with Crippen molar-refractivity contribution in [2.75, 3.05) is 23.8 Å². The van der Waals surface area contributed by atoms with Gasteiger partial charge in [0.25, 0.3) is 0 Å². The number of hydrazine groups is 1. The maximum absolute atomic E-state index is 11.0. The predicted molar refractivity (Wildman–Crippen MR) is 75.3 cm³/mol. The fourth-order valence-corrected chi connectivity index (χ4v) is 2.66. The molecule has 1 aromatic rings. The van der Waals surface area contributed by atoms with Crippen LogP contribution in [-0.4, -0.2) is 40.0 Å². The third-order valence-electron chi connectivity index (χ3n) is 3.84. The Morgan fingerprint density at radius 2 is 2.20 bits per heavy atom. The molecule has 2 heterocycles. The zero-order valence-electron chi connectivity index (χ0n) is 11.1. The number of aromatic nitrogens is 1. The van der Waals surface area contributed by atoms with Crippen LogP contribution in [0.5, 0.6) is 0 Å². The van der Waals surface area contributed by atoms with E-state index in [-0.39, 0.29) is 17.5 Å². The van der Waals surface area contributed by atoms with Gasteiger partial charge in [-0.1, -0.05) is 0 Å². The molecule has 0 spiro atoms. The zero-order chi connectivity index (χ0) is 14.1. The Kier molecular flexibility index (Phi) is 3.41. The van der Waals surface area contributed by atoms with E-state index in [1.54, 1.807) is 0 Å². The number of hydrogen-bond acceptors (Lipinski definition) is 7. The van der Waals surface area contributed by atoms with Crippen LogP contribution in [0.1, 0.15) is 19.3 Å². The summed E-state index contributed by atoms with van der Waals surface area (Å²) in [6.45, 7) is 1.97. The van der Waals surface area contributed by atoms with E-state index in [1.165, 1.54) is 25.0 Å². The molecule has 20 heavy (non-hydrogen) atoms. The second-order valence-corrected chi connectivity index (χ2v) is 5.32. The summed E-state index contributed by atoms with van der Waals surface area (Å²) in [6, 6.07) is 3.84. The first-order valence-electron chi connectivity index (χ1n) is 6.80. The molecule has 4 N–H and O–H groups in total. The molecule has 2 fully saturated rings. The molecule has 0 aromatic carbocycles. The Bertz CT molecular complexity index is 519. The van der Waals surface area contributed by atoms with Crippen molar-refractivity contribution in [2.45, 2.75) is 31.3 Å². The van der Waals surface area contributed by atoms with Gasteiger partial charge in [-0.05, 0) is 25.3 Å². The van der Waals surface area contributed by atoms with Crippen molar-refractivity contribution in [2.24, 2.45) is 5.84 Å². The summed E-state index contributed by atoms with van der Waals surface area (Å²) in [5, 5.41) is 14.2. The number of rotatable bonds is 5. The number of anilines is 2. The lowest BCUT2D eigenvalue weighted by molar-refractivity contribution is -0.384. The predicted octanol–water partition coefficient (Wildman–Crippen LogP) is 0.924. The molecule has 3 rings (SSSR count). The summed E-state index contributed by atoms with van der Waals surface area (Å²) >= 11 is 0. The van der Waals surface area contributed by atoms with Gasteiger partial charge in [-0.2, -0.15) is 0 Å². The van der Waals surface area contributed by atoms with Gasteiger partial charge in [-0.25, -0.2) is 10.8 Å². The van der Waals surface area contributed by atoms with Gasteiger partial charge in [0, 0.05) is 31.2 Å². The molecule has 1 saturated carbocycles. The molecule has 0 amide bonds. The molecular weight excluding hydrogens is 260 g/mol. The minimum Gasteiger partial charge on any atom is -0.360 e. The van der Waals surface area contributed by atoms with E-state index in [2.05, 4.69) is 20.6 Å². The molecule has 8 nitrogen and oxygen atoms in total. The van der Waals surface area contributed by atoms with E-state index in [0.29, 0.717) is 5.82 Å². The van der Waals surface area contributed by atoms with Gasteiger partial charge in [0.1, 0.15) is 5.82 Å². The summed E-state index contributed by atoms with van der Waals surface area (Å²) < 4.78 is 0. The second kappa shape index (κ2) is 5.22. The Morgan fingerprint density at radius 3 is 2.85 bits per heavy atom. The fraction of sp³-hybridized carbons (Fsp3) is 0.583. The Morgan fingerprint density at radius 1 is 1.40 bits per heavy atom. The number of nitrogens with one attached hydrogen (secondary N) is 2.